The fraction of sp³-hybridized carbons (Fsp3) is 0.286. The molecule has 1 heterocycles. The first-order chi connectivity index (χ1) is 13.5. The largest absolute Gasteiger partial charge is 0.457 e. The van der Waals surface area contributed by atoms with Crippen LogP contribution in [0.3, 0.4) is 0 Å². The average Bonchev–Trinajstić information content (AvgIpc) is 2.93. The van der Waals surface area contributed by atoms with E-state index in [1.165, 1.54) is 0 Å². The first-order valence-electron chi connectivity index (χ1n) is 9.24. The lowest BCUT2D eigenvalue weighted by Gasteiger charge is -2.23. The summed E-state index contributed by atoms with van der Waals surface area (Å²) < 4.78 is 5.74. The lowest BCUT2D eigenvalue weighted by atomic mass is 9.93. The summed E-state index contributed by atoms with van der Waals surface area (Å²) in [5.41, 5.74) is -0.399. The van der Waals surface area contributed by atoms with Gasteiger partial charge in [-0.2, -0.15) is 0 Å². The maximum atomic E-state index is 12.6. The van der Waals surface area contributed by atoms with Gasteiger partial charge in [0.1, 0.15) is 23.6 Å². The van der Waals surface area contributed by atoms with Crippen molar-refractivity contribution in [3.05, 3.63) is 54.6 Å². The number of imide groups is 1. The van der Waals surface area contributed by atoms with Crippen LogP contribution in [-0.4, -0.2) is 34.8 Å². The number of nitrogens with zero attached hydrogens (tertiary/aromatic N) is 1. The highest BCUT2D eigenvalue weighted by Gasteiger charge is 2.49. The Morgan fingerprint density at radius 2 is 1.71 bits per heavy atom. The number of rotatable bonds is 7. The van der Waals surface area contributed by atoms with Gasteiger partial charge in [0.15, 0.2) is 0 Å². The first kappa shape index (κ1) is 19.4. The van der Waals surface area contributed by atoms with Gasteiger partial charge in [0.25, 0.3) is 5.91 Å². The molecule has 0 spiro atoms. The molecule has 0 bridgehead atoms. The van der Waals surface area contributed by atoms with Crippen molar-refractivity contribution in [3.8, 4) is 11.5 Å². The van der Waals surface area contributed by atoms with Crippen LogP contribution in [-0.2, 0) is 9.59 Å². The molecule has 7 heteroatoms. The van der Waals surface area contributed by atoms with Crippen molar-refractivity contribution in [2.75, 3.05) is 11.9 Å². The molecule has 0 aromatic heterocycles. The van der Waals surface area contributed by atoms with Crippen molar-refractivity contribution in [3.63, 3.8) is 0 Å². The Labute approximate surface area is 163 Å². The summed E-state index contributed by atoms with van der Waals surface area (Å²) in [6.45, 7) is 3.34. The molecule has 28 heavy (non-hydrogen) atoms. The monoisotopic (exact) mass is 381 g/mol. The maximum absolute atomic E-state index is 12.6. The minimum atomic E-state index is -0.916. The molecule has 2 aromatic carbocycles. The van der Waals surface area contributed by atoms with Crippen LogP contribution in [0.2, 0.25) is 0 Å². The van der Waals surface area contributed by atoms with Crippen LogP contribution in [0.1, 0.15) is 26.7 Å². The second kappa shape index (κ2) is 8.12. The van der Waals surface area contributed by atoms with Gasteiger partial charge in [-0.25, -0.2) is 4.79 Å². The zero-order valence-electron chi connectivity index (χ0n) is 15.9. The van der Waals surface area contributed by atoms with Crippen molar-refractivity contribution in [2.45, 2.75) is 32.2 Å². The number of para-hydroxylation sites is 1. The van der Waals surface area contributed by atoms with Crippen LogP contribution in [0.4, 0.5) is 10.5 Å². The Bertz CT molecular complexity index is 878. The number of ether oxygens (including phenoxy) is 1. The number of nitrogens with one attached hydrogen (secondary N) is 2. The average molecular weight is 381 g/mol. The maximum Gasteiger partial charge on any atom is 0.325 e. The van der Waals surface area contributed by atoms with Crippen molar-refractivity contribution < 1.29 is 19.1 Å². The normalized spacial score (nSPS) is 15.3. The molecule has 2 aromatic rings. The molecule has 4 amide bonds. The van der Waals surface area contributed by atoms with Crippen molar-refractivity contribution in [1.29, 1.82) is 0 Å². The van der Waals surface area contributed by atoms with Crippen LogP contribution in [0.5, 0.6) is 11.5 Å². The van der Waals surface area contributed by atoms with E-state index in [1.54, 1.807) is 24.3 Å². The Morgan fingerprint density at radius 3 is 2.36 bits per heavy atom. The molecule has 0 saturated carbocycles. The Kier molecular flexibility index (Phi) is 5.63. The Morgan fingerprint density at radius 1 is 1.04 bits per heavy atom. The van der Waals surface area contributed by atoms with E-state index in [0.717, 1.165) is 4.90 Å². The second-order valence-corrected chi connectivity index (χ2v) is 6.60. The molecule has 0 aliphatic carbocycles. The molecule has 7 nitrogen and oxygen atoms in total. The predicted octanol–water partition coefficient (Wildman–Crippen LogP) is 3.53. The molecule has 0 unspecified atom stereocenters. The van der Waals surface area contributed by atoms with Gasteiger partial charge in [-0.3, -0.25) is 14.5 Å². The summed E-state index contributed by atoms with van der Waals surface area (Å²) in [5, 5.41) is 5.42. The molecule has 1 saturated heterocycles. The minimum Gasteiger partial charge on any atom is -0.457 e. The topological polar surface area (TPSA) is 87.7 Å². The molecule has 3 rings (SSSR count). The highest BCUT2D eigenvalue weighted by atomic mass is 16.5. The Balaban J connectivity index is 1.65. The number of anilines is 1. The van der Waals surface area contributed by atoms with Gasteiger partial charge >= 0.3 is 6.03 Å². The van der Waals surface area contributed by atoms with Crippen molar-refractivity contribution in [2.24, 2.45) is 0 Å². The van der Waals surface area contributed by atoms with Crippen LogP contribution in [0.25, 0.3) is 0 Å². The summed E-state index contributed by atoms with van der Waals surface area (Å²) >= 11 is 0. The summed E-state index contributed by atoms with van der Waals surface area (Å²) in [7, 11) is 0. The number of hydrogen-bond acceptors (Lipinski definition) is 4. The van der Waals surface area contributed by atoms with E-state index >= 15 is 0 Å². The van der Waals surface area contributed by atoms with Crippen LogP contribution in [0.15, 0.2) is 54.6 Å². The summed E-state index contributed by atoms with van der Waals surface area (Å²) in [5.74, 6) is 0.429. The fourth-order valence-electron chi connectivity index (χ4n) is 3.16. The first-order valence-corrected chi connectivity index (χ1v) is 9.24. The van der Waals surface area contributed by atoms with E-state index in [9.17, 15) is 14.4 Å². The van der Waals surface area contributed by atoms with Crippen molar-refractivity contribution >= 4 is 23.5 Å². The van der Waals surface area contributed by atoms with Crippen LogP contribution >= 0.6 is 0 Å². The molecule has 0 radical (unpaired) electrons. The number of carbonyl (C=O) groups excluding carboxylic acids is 3. The summed E-state index contributed by atoms with van der Waals surface area (Å²) in [6.07, 6.45) is 0.954. The smallest absolute Gasteiger partial charge is 0.325 e. The number of carbonyl (C=O) groups is 3. The van der Waals surface area contributed by atoms with E-state index in [1.807, 2.05) is 44.2 Å². The third kappa shape index (κ3) is 3.98. The molecule has 2 N–H and O–H groups in total. The van der Waals surface area contributed by atoms with E-state index in [0.29, 0.717) is 30.0 Å². The van der Waals surface area contributed by atoms with Gasteiger partial charge in [-0.05, 0) is 37.1 Å². The number of urea groups is 1. The summed E-state index contributed by atoms with van der Waals surface area (Å²) in [4.78, 5) is 38.1. The van der Waals surface area contributed by atoms with E-state index < -0.39 is 17.5 Å². The van der Waals surface area contributed by atoms with Gasteiger partial charge in [0, 0.05) is 11.8 Å². The number of benzene rings is 2. The number of amides is 4. The molecular weight excluding hydrogens is 358 g/mol. The molecule has 1 aliphatic heterocycles. The van der Waals surface area contributed by atoms with Gasteiger partial charge in [-0.15, -0.1) is 0 Å². The van der Waals surface area contributed by atoms with Gasteiger partial charge in [0.05, 0.1) is 0 Å². The quantitative estimate of drug-likeness (QED) is 0.718. The zero-order valence-corrected chi connectivity index (χ0v) is 15.9. The van der Waals surface area contributed by atoms with Gasteiger partial charge in [-0.1, -0.05) is 38.1 Å². The van der Waals surface area contributed by atoms with E-state index in [-0.39, 0.29) is 12.5 Å². The summed E-state index contributed by atoms with van der Waals surface area (Å²) in [6, 6.07) is 15.7. The zero-order chi connectivity index (χ0) is 20.1. The van der Waals surface area contributed by atoms with Gasteiger partial charge in [0.2, 0.25) is 5.91 Å². The highest BCUT2D eigenvalue weighted by Crippen LogP contribution is 2.26. The second-order valence-electron chi connectivity index (χ2n) is 6.60. The Hall–Kier alpha value is -3.35. The number of hydrogen-bond donors (Lipinski definition) is 2. The molecular formula is C21H23N3O4. The van der Waals surface area contributed by atoms with Crippen LogP contribution in [0, 0.1) is 0 Å². The van der Waals surface area contributed by atoms with E-state index in [4.69, 9.17) is 4.74 Å². The molecule has 1 fully saturated rings. The standard InChI is InChI=1S/C21H23N3O4/c1-3-21(4-2)19(26)24(20(27)23-21)14-18(25)22-15-9-8-12-17(13-15)28-16-10-6-5-7-11-16/h5-13H,3-4,14H2,1-2H3,(H,22,25)(H,23,27). The molecule has 0 atom stereocenters. The SMILES string of the molecule is CCC1(CC)NC(=O)N(CC(=O)Nc2cccc(Oc3ccccc3)c2)C1=O. The van der Waals surface area contributed by atoms with Crippen LogP contribution < -0.4 is 15.4 Å². The lowest BCUT2D eigenvalue weighted by Crippen LogP contribution is -2.46. The van der Waals surface area contributed by atoms with Gasteiger partial charge < -0.3 is 15.4 Å². The third-order valence-electron chi connectivity index (χ3n) is 4.85. The minimum absolute atomic E-state index is 0.337. The third-order valence-corrected chi connectivity index (χ3v) is 4.85. The molecule has 146 valence electrons. The van der Waals surface area contributed by atoms with E-state index in [2.05, 4.69) is 10.6 Å². The lowest BCUT2D eigenvalue weighted by molar-refractivity contribution is -0.134. The predicted molar refractivity (Wildman–Crippen MR) is 105 cm³/mol. The molecule has 1 aliphatic rings. The fourth-order valence-corrected chi connectivity index (χ4v) is 3.16. The highest BCUT2D eigenvalue weighted by molar-refractivity contribution is 6.10. The van der Waals surface area contributed by atoms with Crippen molar-refractivity contribution in [1.82, 2.24) is 10.2 Å².